The highest BCUT2D eigenvalue weighted by atomic mass is 16.6. The fourth-order valence-corrected chi connectivity index (χ4v) is 2.45. The lowest BCUT2D eigenvalue weighted by Crippen LogP contribution is -2.32. The fourth-order valence-electron chi connectivity index (χ4n) is 2.45. The number of carbonyl (C=O) groups is 3. The molecule has 1 atom stereocenters. The third-order valence-corrected chi connectivity index (χ3v) is 3.65. The van der Waals surface area contributed by atoms with Crippen LogP contribution in [0.15, 0.2) is 24.3 Å². The summed E-state index contributed by atoms with van der Waals surface area (Å²) in [5, 5.41) is 5.43. The first kappa shape index (κ1) is 23.5. The van der Waals surface area contributed by atoms with Crippen LogP contribution in [-0.4, -0.2) is 30.2 Å². The SMILES string of the molecule is CCOC(=O)C(CC(C)C)C(=O)Nc1ccc(CNC(=O)OC(C)(C)C)cc1. The van der Waals surface area contributed by atoms with E-state index in [-0.39, 0.29) is 18.4 Å². The summed E-state index contributed by atoms with van der Waals surface area (Å²) in [6, 6.07) is 7.02. The number of hydrogen-bond acceptors (Lipinski definition) is 5. The van der Waals surface area contributed by atoms with Gasteiger partial charge in [-0.25, -0.2) is 4.79 Å². The molecule has 0 fully saturated rings. The van der Waals surface area contributed by atoms with Crippen LogP contribution in [0.1, 0.15) is 53.5 Å². The van der Waals surface area contributed by atoms with Crippen LogP contribution in [-0.2, 0) is 25.6 Å². The van der Waals surface area contributed by atoms with E-state index >= 15 is 0 Å². The molecule has 7 heteroatoms. The van der Waals surface area contributed by atoms with Crippen molar-refractivity contribution in [2.24, 2.45) is 11.8 Å². The number of alkyl carbamates (subject to hydrolysis) is 1. The monoisotopic (exact) mass is 392 g/mol. The molecule has 0 aliphatic rings. The zero-order valence-electron chi connectivity index (χ0n) is 17.6. The molecule has 2 amide bonds. The van der Waals surface area contributed by atoms with Crippen LogP contribution < -0.4 is 10.6 Å². The third kappa shape index (κ3) is 8.88. The maximum atomic E-state index is 12.5. The van der Waals surface area contributed by atoms with E-state index in [1.165, 1.54) is 0 Å². The Bertz CT molecular complexity index is 662. The Hall–Kier alpha value is -2.57. The molecule has 156 valence electrons. The molecule has 0 saturated heterocycles. The van der Waals surface area contributed by atoms with E-state index in [9.17, 15) is 14.4 Å². The van der Waals surface area contributed by atoms with Gasteiger partial charge in [0.05, 0.1) is 6.61 Å². The van der Waals surface area contributed by atoms with Crippen molar-refractivity contribution in [1.82, 2.24) is 5.32 Å². The normalized spacial score (nSPS) is 12.2. The van der Waals surface area contributed by atoms with Gasteiger partial charge in [-0.05, 0) is 57.7 Å². The van der Waals surface area contributed by atoms with Gasteiger partial charge in [-0.3, -0.25) is 9.59 Å². The second kappa shape index (κ2) is 10.7. The summed E-state index contributed by atoms with van der Waals surface area (Å²) in [4.78, 5) is 36.3. The van der Waals surface area contributed by atoms with Gasteiger partial charge in [0.25, 0.3) is 0 Å². The maximum absolute atomic E-state index is 12.5. The molecule has 28 heavy (non-hydrogen) atoms. The summed E-state index contributed by atoms with van der Waals surface area (Å²) in [7, 11) is 0. The summed E-state index contributed by atoms with van der Waals surface area (Å²) in [6.45, 7) is 11.6. The van der Waals surface area contributed by atoms with Gasteiger partial charge >= 0.3 is 12.1 Å². The number of ether oxygens (including phenoxy) is 2. The van der Waals surface area contributed by atoms with Gasteiger partial charge < -0.3 is 20.1 Å². The molecule has 1 rings (SSSR count). The van der Waals surface area contributed by atoms with Gasteiger partial charge in [-0.15, -0.1) is 0 Å². The van der Waals surface area contributed by atoms with Crippen LogP contribution in [0.25, 0.3) is 0 Å². The van der Waals surface area contributed by atoms with Gasteiger partial charge in [0.2, 0.25) is 5.91 Å². The minimum absolute atomic E-state index is 0.182. The van der Waals surface area contributed by atoms with Crippen LogP contribution in [0.4, 0.5) is 10.5 Å². The van der Waals surface area contributed by atoms with Crippen molar-refractivity contribution < 1.29 is 23.9 Å². The molecule has 0 radical (unpaired) electrons. The molecule has 2 N–H and O–H groups in total. The molecule has 0 heterocycles. The number of benzene rings is 1. The van der Waals surface area contributed by atoms with E-state index in [2.05, 4.69) is 10.6 Å². The Balaban J connectivity index is 2.65. The first-order valence-electron chi connectivity index (χ1n) is 9.55. The van der Waals surface area contributed by atoms with Crippen LogP contribution in [0.5, 0.6) is 0 Å². The molecule has 1 aromatic rings. The highest BCUT2D eigenvalue weighted by Gasteiger charge is 2.28. The van der Waals surface area contributed by atoms with E-state index in [1.807, 2.05) is 13.8 Å². The minimum Gasteiger partial charge on any atom is -0.465 e. The quantitative estimate of drug-likeness (QED) is 0.517. The number of nitrogens with one attached hydrogen (secondary N) is 2. The van der Waals surface area contributed by atoms with E-state index in [1.54, 1.807) is 52.0 Å². The summed E-state index contributed by atoms with van der Waals surface area (Å²) in [5.41, 5.74) is 0.876. The van der Waals surface area contributed by atoms with Gasteiger partial charge in [0.15, 0.2) is 0 Å². The van der Waals surface area contributed by atoms with Crippen molar-refractivity contribution in [1.29, 1.82) is 0 Å². The Morgan fingerprint density at radius 1 is 1.07 bits per heavy atom. The molecule has 7 nitrogen and oxygen atoms in total. The molecule has 0 saturated carbocycles. The van der Waals surface area contributed by atoms with Gasteiger partial charge in [-0.2, -0.15) is 0 Å². The summed E-state index contributed by atoms with van der Waals surface area (Å²) >= 11 is 0. The molecular formula is C21H32N2O5. The second-order valence-electron chi connectivity index (χ2n) is 7.98. The van der Waals surface area contributed by atoms with E-state index in [0.29, 0.717) is 18.7 Å². The second-order valence-corrected chi connectivity index (χ2v) is 7.98. The highest BCUT2D eigenvalue weighted by molar-refractivity contribution is 6.04. The van der Waals surface area contributed by atoms with Crippen molar-refractivity contribution in [3.8, 4) is 0 Å². The summed E-state index contributed by atoms with van der Waals surface area (Å²) in [6.07, 6.45) is -0.0708. The Morgan fingerprint density at radius 2 is 1.68 bits per heavy atom. The molecule has 0 spiro atoms. The van der Waals surface area contributed by atoms with Crippen LogP contribution >= 0.6 is 0 Å². The number of esters is 1. The van der Waals surface area contributed by atoms with Crippen LogP contribution in [0.2, 0.25) is 0 Å². The maximum Gasteiger partial charge on any atom is 0.407 e. The standard InChI is InChI=1S/C21H32N2O5/c1-7-27-19(25)17(12-14(2)3)18(24)23-16-10-8-15(9-11-16)13-22-20(26)28-21(4,5)6/h8-11,14,17H,7,12-13H2,1-6H3,(H,22,26)(H,23,24). The van der Waals surface area contributed by atoms with Crippen molar-refractivity contribution in [2.45, 2.75) is 60.1 Å². The molecule has 0 aromatic heterocycles. The first-order valence-corrected chi connectivity index (χ1v) is 9.55. The fraction of sp³-hybridized carbons (Fsp3) is 0.571. The van der Waals surface area contributed by atoms with E-state index < -0.39 is 23.6 Å². The van der Waals surface area contributed by atoms with Gasteiger partial charge in [0.1, 0.15) is 11.5 Å². The first-order chi connectivity index (χ1) is 13.0. The topological polar surface area (TPSA) is 93.7 Å². The van der Waals surface area contributed by atoms with Crippen molar-refractivity contribution in [3.63, 3.8) is 0 Å². The molecule has 1 aromatic carbocycles. The van der Waals surface area contributed by atoms with Gasteiger partial charge in [0, 0.05) is 12.2 Å². The lowest BCUT2D eigenvalue weighted by Gasteiger charge is -2.19. The lowest BCUT2D eigenvalue weighted by molar-refractivity contribution is -0.151. The molecule has 0 aliphatic carbocycles. The summed E-state index contributed by atoms with van der Waals surface area (Å²) < 4.78 is 10.2. The molecule has 0 aliphatic heterocycles. The third-order valence-electron chi connectivity index (χ3n) is 3.65. The van der Waals surface area contributed by atoms with Crippen molar-refractivity contribution >= 4 is 23.7 Å². The number of amides is 2. The molecule has 1 unspecified atom stereocenters. The number of hydrogen-bond donors (Lipinski definition) is 2. The highest BCUT2D eigenvalue weighted by Crippen LogP contribution is 2.17. The number of carbonyl (C=O) groups excluding carboxylic acids is 3. The van der Waals surface area contributed by atoms with E-state index in [4.69, 9.17) is 9.47 Å². The zero-order chi connectivity index (χ0) is 21.3. The van der Waals surface area contributed by atoms with Crippen molar-refractivity contribution in [3.05, 3.63) is 29.8 Å². The average Bonchev–Trinajstić information content (AvgIpc) is 2.57. The molecular weight excluding hydrogens is 360 g/mol. The Labute approximate surface area is 167 Å². The van der Waals surface area contributed by atoms with E-state index in [0.717, 1.165) is 5.56 Å². The Morgan fingerprint density at radius 3 is 2.18 bits per heavy atom. The largest absolute Gasteiger partial charge is 0.465 e. The van der Waals surface area contributed by atoms with Gasteiger partial charge in [-0.1, -0.05) is 26.0 Å². The predicted octanol–water partition coefficient (Wildman–Crippen LogP) is 3.88. The lowest BCUT2D eigenvalue weighted by atomic mass is 9.96. The number of anilines is 1. The average molecular weight is 392 g/mol. The number of rotatable bonds is 8. The Kier molecular flexibility index (Phi) is 8.96. The van der Waals surface area contributed by atoms with Crippen molar-refractivity contribution in [2.75, 3.05) is 11.9 Å². The minimum atomic E-state index is -0.839. The smallest absolute Gasteiger partial charge is 0.407 e. The van der Waals surface area contributed by atoms with Crippen LogP contribution in [0.3, 0.4) is 0 Å². The predicted molar refractivity (Wildman–Crippen MR) is 108 cm³/mol. The summed E-state index contributed by atoms with van der Waals surface area (Å²) in [5.74, 6) is -1.55. The zero-order valence-corrected chi connectivity index (χ0v) is 17.6. The van der Waals surface area contributed by atoms with Crippen LogP contribution in [0, 0.1) is 11.8 Å². The molecule has 0 bridgehead atoms.